The maximum atomic E-state index is 14.0. The number of hydrogen-bond donors (Lipinski definition) is 0. The van der Waals surface area contributed by atoms with Gasteiger partial charge in [-0.25, -0.2) is 0 Å². The molecule has 6 heteroatoms. The van der Waals surface area contributed by atoms with Crippen molar-refractivity contribution >= 4 is 6.08 Å². The normalized spacial score (nSPS) is 13.9. The Morgan fingerprint density at radius 1 is 0.909 bits per heavy atom. The van der Waals surface area contributed by atoms with Crippen LogP contribution in [0.1, 0.15) is 33.3 Å². The summed E-state index contributed by atoms with van der Waals surface area (Å²) in [7, 11) is 0. The quantitative estimate of drug-likeness (QED) is 0.661. The molecule has 1 rings (SSSR count). The number of nitrogens with zero attached hydrogens (tertiary/aromatic N) is 1. The monoisotopic (exact) mass is 321 g/mol. The molecule has 0 N–H and O–H groups in total. The molecule has 0 aliphatic rings. The maximum Gasteiger partial charge on any atom is 0.459 e. The lowest BCUT2D eigenvalue weighted by atomic mass is 10.1. The summed E-state index contributed by atoms with van der Waals surface area (Å²) in [5, 5.41) is 0. The molecule has 0 aromatic heterocycles. The van der Waals surface area contributed by atoms with E-state index in [4.69, 9.17) is 0 Å². The van der Waals surface area contributed by atoms with E-state index >= 15 is 0 Å². The highest BCUT2D eigenvalue weighted by molar-refractivity contribution is 5.54. The highest BCUT2D eigenvalue weighted by Crippen LogP contribution is 2.44. The first kappa shape index (κ1) is 18.5. The van der Waals surface area contributed by atoms with Crippen LogP contribution in [0.25, 0.3) is 6.08 Å². The summed E-state index contributed by atoms with van der Waals surface area (Å²) in [5.41, 5.74) is -0.732. The van der Waals surface area contributed by atoms with E-state index < -0.39 is 29.9 Å². The summed E-state index contributed by atoms with van der Waals surface area (Å²) < 4.78 is 66.6. The summed E-state index contributed by atoms with van der Waals surface area (Å²) in [6.07, 6.45) is -4.73. The van der Waals surface area contributed by atoms with Crippen LogP contribution >= 0.6 is 0 Å². The lowest BCUT2D eigenvalue weighted by Gasteiger charge is -2.39. The maximum absolute atomic E-state index is 14.0. The minimum absolute atomic E-state index is 0.299. The standard InChI is InChI=1S/C16H20F5N/c1-11(2)22(12(3)4)14(15(17,18)16(19,20)21)10-13-8-6-5-7-9-13/h5-12H,1-4H3/b14-10-. The second-order valence-corrected chi connectivity index (χ2v) is 5.61. The van der Waals surface area contributed by atoms with Gasteiger partial charge >= 0.3 is 12.1 Å². The zero-order valence-electron chi connectivity index (χ0n) is 13.0. The lowest BCUT2D eigenvalue weighted by Crippen LogP contribution is -2.49. The molecule has 0 fully saturated rings. The van der Waals surface area contributed by atoms with Gasteiger partial charge in [-0.05, 0) is 39.3 Å². The van der Waals surface area contributed by atoms with Crippen LogP contribution in [-0.2, 0) is 0 Å². The zero-order chi connectivity index (χ0) is 17.1. The molecule has 0 unspecified atom stereocenters. The average molecular weight is 321 g/mol. The van der Waals surface area contributed by atoms with Crippen molar-refractivity contribution < 1.29 is 22.0 Å². The molecule has 0 radical (unpaired) electrons. The number of hydrogen-bond acceptors (Lipinski definition) is 1. The van der Waals surface area contributed by atoms with Gasteiger partial charge in [-0.1, -0.05) is 30.3 Å². The van der Waals surface area contributed by atoms with Crippen LogP contribution in [-0.4, -0.2) is 29.1 Å². The minimum atomic E-state index is -5.64. The van der Waals surface area contributed by atoms with Gasteiger partial charge in [-0.3, -0.25) is 0 Å². The number of halogens is 5. The van der Waals surface area contributed by atoms with Crippen LogP contribution in [0.3, 0.4) is 0 Å². The second kappa shape index (κ2) is 6.67. The topological polar surface area (TPSA) is 3.24 Å². The molecule has 22 heavy (non-hydrogen) atoms. The van der Waals surface area contributed by atoms with Crippen LogP contribution in [0.5, 0.6) is 0 Å². The van der Waals surface area contributed by atoms with Crippen LogP contribution in [0, 0.1) is 0 Å². The smallest absolute Gasteiger partial charge is 0.365 e. The third-order valence-corrected chi connectivity index (χ3v) is 3.17. The Kier molecular flexibility index (Phi) is 5.59. The first-order valence-corrected chi connectivity index (χ1v) is 6.98. The number of allylic oxidation sites excluding steroid dienone is 1. The van der Waals surface area contributed by atoms with Crippen molar-refractivity contribution in [3.05, 3.63) is 41.6 Å². The summed E-state index contributed by atoms with van der Waals surface area (Å²) in [5.74, 6) is -4.92. The fraction of sp³-hybridized carbons (Fsp3) is 0.500. The van der Waals surface area contributed by atoms with Gasteiger partial charge in [0.1, 0.15) is 0 Å². The molecule has 1 nitrogen and oxygen atoms in total. The highest BCUT2D eigenvalue weighted by atomic mass is 19.4. The molecule has 1 aromatic carbocycles. The molecule has 0 aliphatic heterocycles. The van der Waals surface area contributed by atoms with Gasteiger partial charge in [0.25, 0.3) is 0 Å². The van der Waals surface area contributed by atoms with Crippen molar-refractivity contribution in [1.82, 2.24) is 4.90 Å². The Bertz CT molecular complexity index is 495. The van der Waals surface area contributed by atoms with Crippen LogP contribution < -0.4 is 0 Å². The van der Waals surface area contributed by atoms with Gasteiger partial charge in [-0.15, -0.1) is 0 Å². The molecule has 0 spiro atoms. The van der Waals surface area contributed by atoms with E-state index in [2.05, 4.69) is 0 Å². The molecule has 0 aliphatic carbocycles. The van der Waals surface area contributed by atoms with E-state index in [0.717, 1.165) is 11.0 Å². The Hall–Kier alpha value is -1.59. The van der Waals surface area contributed by atoms with Gasteiger partial charge in [0.05, 0.1) is 5.70 Å². The summed E-state index contributed by atoms with van der Waals surface area (Å²) in [4.78, 5) is 1.10. The molecule has 0 bridgehead atoms. The summed E-state index contributed by atoms with van der Waals surface area (Å²) in [6.45, 7) is 6.35. The largest absolute Gasteiger partial charge is 0.459 e. The third kappa shape index (κ3) is 3.99. The molecule has 0 heterocycles. The molecule has 1 aromatic rings. The Morgan fingerprint density at radius 2 is 1.36 bits per heavy atom. The lowest BCUT2D eigenvalue weighted by molar-refractivity contribution is -0.271. The van der Waals surface area contributed by atoms with Crippen LogP contribution in [0.2, 0.25) is 0 Å². The highest BCUT2D eigenvalue weighted by Gasteiger charge is 2.61. The molecule has 0 atom stereocenters. The van der Waals surface area contributed by atoms with Gasteiger partial charge < -0.3 is 4.90 Å². The predicted octanol–water partition coefficient (Wildman–Crippen LogP) is 5.34. The Labute approximate surface area is 127 Å². The first-order valence-electron chi connectivity index (χ1n) is 6.98. The van der Waals surface area contributed by atoms with E-state index in [1.165, 1.54) is 12.1 Å². The number of alkyl halides is 5. The van der Waals surface area contributed by atoms with E-state index in [-0.39, 0.29) is 0 Å². The zero-order valence-corrected chi connectivity index (χ0v) is 13.0. The van der Waals surface area contributed by atoms with Crippen molar-refractivity contribution in [1.29, 1.82) is 0 Å². The van der Waals surface area contributed by atoms with E-state index in [0.29, 0.717) is 5.56 Å². The van der Waals surface area contributed by atoms with Crippen molar-refractivity contribution in [2.45, 2.75) is 51.9 Å². The third-order valence-electron chi connectivity index (χ3n) is 3.17. The Balaban J connectivity index is 3.49. The molecule has 0 saturated carbocycles. The number of benzene rings is 1. The van der Waals surface area contributed by atoms with Gasteiger partial charge in [0.2, 0.25) is 0 Å². The van der Waals surface area contributed by atoms with Crippen molar-refractivity contribution in [2.75, 3.05) is 0 Å². The van der Waals surface area contributed by atoms with E-state index in [1.807, 2.05) is 0 Å². The molecular formula is C16H20F5N. The fourth-order valence-electron chi connectivity index (χ4n) is 2.33. The summed E-state index contributed by atoms with van der Waals surface area (Å²) in [6, 6.07) is 6.83. The van der Waals surface area contributed by atoms with Crippen molar-refractivity contribution in [3.63, 3.8) is 0 Å². The SMILES string of the molecule is CC(C)N(/C(=C\c1ccccc1)C(F)(F)C(F)(F)F)C(C)C. The number of rotatable bonds is 5. The minimum Gasteiger partial charge on any atom is -0.365 e. The van der Waals surface area contributed by atoms with Crippen LogP contribution in [0.15, 0.2) is 36.0 Å². The summed E-state index contributed by atoms with van der Waals surface area (Å²) >= 11 is 0. The second-order valence-electron chi connectivity index (χ2n) is 5.61. The Morgan fingerprint density at radius 3 is 1.73 bits per heavy atom. The van der Waals surface area contributed by atoms with Crippen molar-refractivity contribution in [3.8, 4) is 0 Å². The molecule has 0 amide bonds. The first-order chi connectivity index (χ1) is 9.98. The van der Waals surface area contributed by atoms with Gasteiger partial charge in [-0.2, -0.15) is 22.0 Å². The van der Waals surface area contributed by atoms with Crippen molar-refractivity contribution in [2.24, 2.45) is 0 Å². The average Bonchev–Trinajstić information content (AvgIpc) is 2.36. The molecular weight excluding hydrogens is 301 g/mol. The molecule has 0 saturated heterocycles. The van der Waals surface area contributed by atoms with Crippen LogP contribution in [0.4, 0.5) is 22.0 Å². The van der Waals surface area contributed by atoms with Gasteiger partial charge in [0, 0.05) is 12.1 Å². The predicted molar refractivity (Wildman–Crippen MR) is 77.5 cm³/mol. The molecule has 124 valence electrons. The van der Waals surface area contributed by atoms with E-state index in [9.17, 15) is 22.0 Å². The fourth-order valence-corrected chi connectivity index (χ4v) is 2.33. The van der Waals surface area contributed by atoms with Gasteiger partial charge in [0.15, 0.2) is 0 Å². The van der Waals surface area contributed by atoms with E-state index in [1.54, 1.807) is 45.9 Å².